The van der Waals surface area contributed by atoms with E-state index in [2.05, 4.69) is 20.6 Å². The Bertz CT molecular complexity index is 397. The maximum Gasteiger partial charge on any atom is 0.227 e. The summed E-state index contributed by atoms with van der Waals surface area (Å²) in [6, 6.07) is 1.92. The SMILES string of the molecule is CNC(C)CC(=O)Nc1cc(C)nc(SC)n1. The molecule has 1 atom stereocenters. The summed E-state index contributed by atoms with van der Waals surface area (Å²) in [5.74, 6) is 0.521. The van der Waals surface area contributed by atoms with Crippen LogP contribution in [0.15, 0.2) is 11.2 Å². The van der Waals surface area contributed by atoms with Crippen LogP contribution in [0.2, 0.25) is 0 Å². The van der Waals surface area contributed by atoms with E-state index in [1.807, 2.05) is 27.2 Å². The molecule has 1 rings (SSSR count). The van der Waals surface area contributed by atoms with Crippen molar-refractivity contribution < 1.29 is 4.79 Å². The summed E-state index contributed by atoms with van der Waals surface area (Å²) in [5, 5.41) is 6.47. The van der Waals surface area contributed by atoms with Crippen molar-refractivity contribution in [3.8, 4) is 0 Å². The Morgan fingerprint density at radius 3 is 2.82 bits per heavy atom. The molecule has 0 aromatic carbocycles. The lowest BCUT2D eigenvalue weighted by molar-refractivity contribution is -0.116. The highest BCUT2D eigenvalue weighted by Crippen LogP contribution is 2.13. The van der Waals surface area contributed by atoms with Gasteiger partial charge < -0.3 is 10.6 Å². The van der Waals surface area contributed by atoms with Gasteiger partial charge in [-0.25, -0.2) is 9.97 Å². The van der Waals surface area contributed by atoms with E-state index in [4.69, 9.17) is 0 Å². The molecule has 0 spiro atoms. The van der Waals surface area contributed by atoms with E-state index in [1.54, 1.807) is 6.07 Å². The molecule has 1 amide bonds. The summed E-state index contributed by atoms with van der Waals surface area (Å²) < 4.78 is 0. The first kappa shape index (κ1) is 13.9. The third-order valence-corrected chi connectivity index (χ3v) is 2.82. The minimum absolute atomic E-state index is 0.0444. The summed E-state index contributed by atoms with van der Waals surface area (Å²) >= 11 is 1.46. The van der Waals surface area contributed by atoms with Crippen LogP contribution < -0.4 is 10.6 Å². The van der Waals surface area contributed by atoms with E-state index >= 15 is 0 Å². The van der Waals surface area contributed by atoms with E-state index in [9.17, 15) is 4.79 Å². The molecule has 6 heteroatoms. The minimum Gasteiger partial charge on any atom is -0.317 e. The van der Waals surface area contributed by atoms with Crippen molar-refractivity contribution in [2.45, 2.75) is 31.5 Å². The van der Waals surface area contributed by atoms with Gasteiger partial charge in [0.25, 0.3) is 0 Å². The van der Waals surface area contributed by atoms with Crippen LogP contribution in [0.3, 0.4) is 0 Å². The van der Waals surface area contributed by atoms with Gasteiger partial charge in [-0.3, -0.25) is 4.79 Å². The van der Waals surface area contributed by atoms with E-state index in [0.29, 0.717) is 17.4 Å². The molecule has 2 N–H and O–H groups in total. The number of anilines is 1. The molecule has 0 fully saturated rings. The molecule has 0 saturated heterocycles. The second kappa shape index (κ2) is 6.56. The largest absolute Gasteiger partial charge is 0.317 e. The molecular weight excluding hydrogens is 236 g/mol. The molecule has 1 unspecified atom stereocenters. The summed E-state index contributed by atoms with van der Waals surface area (Å²) in [6.07, 6.45) is 2.33. The highest BCUT2D eigenvalue weighted by atomic mass is 32.2. The molecule has 1 aromatic heterocycles. The van der Waals surface area contributed by atoms with Gasteiger partial charge >= 0.3 is 0 Å². The molecule has 94 valence electrons. The Labute approximate surface area is 106 Å². The first-order valence-electron chi connectivity index (χ1n) is 5.42. The predicted molar refractivity (Wildman–Crippen MR) is 70.3 cm³/mol. The molecule has 0 aliphatic carbocycles. The standard InChI is InChI=1S/C11H18N4OS/c1-7(12-3)6-10(16)14-9-5-8(2)13-11(15-9)17-4/h5,7,12H,6H2,1-4H3,(H,13,14,15,16). The fraction of sp³-hybridized carbons (Fsp3) is 0.545. The molecular formula is C11H18N4OS. The fourth-order valence-corrected chi connectivity index (χ4v) is 1.70. The zero-order valence-electron chi connectivity index (χ0n) is 10.6. The fourth-order valence-electron chi connectivity index (χ4n) is 1.27. The normalized spacial score (nSPS) is 12.2. The van der Waals surface area contributed by atoms with E-state index < -0.39 is 0 Å². The van der Waals surface area contributed by atoms with Gasteiger partial charge in [0.1, 0.15) is 5.82 Å². The van der Waals surface area contributed by atoms with Gasteiger partial charge in [-0.05, 0) is 27.2 Å². The van der Waals surface area contributed by atoms with Crippen LogP contribution in [0.4, 0.5) is 5.82 Å². The van der Waals surface area contributed by atoms with Crippen LogP contribution in [0.25, 0.3) is 0 Å². The second-order valence-electron chi connectivity index (χ2n) is 3.82. The predicted octanol–water partition coefficient (Wildman–Crippen LogP) is 1.44. The van der Waals surface area contributed by atoms with Crippen LogP contribution in [-0.4, -0.2) is 35.2 Å². The molecule has 1 aromatic rings. The first-order chi connectivity index (χ1) is 8.05. The van der Waals surface area contributed by atoms with Gasteiger partial charge in [0.2, 0.25) is 5.91 Å². The number of hydrogen-bond donors (Lipinski definition) is 2. The maximum atomic E-state index is 11.7. The van der Waals surface area contributed by atoms with E-state index in [1.165, 1.54) is 11.8 Å². The Hall–Kier alpha value is -1.14. The molecule has 1 heterocycles. The zero-order valence-corrected chi connectivity index (χ0v) is 11.4. The molecule has 0 saturated carbocycles. The molecule has 17 heavy (non-hydrogen) atoms. The number of aryl methyl sites for hydroxylation is 1. The quantitative estimate of drug-likeness (QED) is 0.615. The third kappa shape index (κ3) is 4.70. The van der Waals surface area contributed by atoms with Crippen molar-refractivity contribution >= 4 is 23.5 Å². The molecule has 0 bridgehead atoms. The van der Waals surface area contributed by atoms with E-state index in [-0.39, 0.29) is 11.9 Å². The van der Waals surface area contributed by atoms with E-state index in [0.717, 1.165) is 5.69 Å². The summed E-state index contributed by atoms with van der Waals surface area (Å²) in [4.78, 5) is 20.1. The Morgan fingerprint density at radius 1 is 1.53 bits per heavy atom. The number of nitrogens with one attached hydrogen (secondary N) is 2. The van der Waals surface area contributed by atoms with Gasteiger partial charge in [0, 0.05) is 24.2 Å². The number of carbonyl (C=O) groups excluding carboxylic acids is 1. The highest BCUT2D eigenvalue weighted by Gasteiger charge is 2.09. The highest BCUT2D eigenvalue weighted by molar-refractivity contribution is 7.98. The molecule has 0 aliphatic rings. The number of hydrogen-bond acceptors (Lipinski definition) is 5. The Morgan fingerprint density at radius 2 is 2.24 bits per heavy atom. The van der Waals surface area contributed by atoms with Crippen molar-refractivity contribution in [2.75, 3.05) is 18.6 Å². The summed E-state index contributed by atoms with van der Waals surface area (Å²) in [6.45, 7) is 3.84. The monoisotopic (exact) mass is 254 g/mol. The van der Waals surface area contributed by atoms with Gasteiger partial charge in [-0.1, -0.05) is 11.8 Å². The van der Waals surface area contributed by atoms with Gasteiger partial charge in [-0.15, -0.1) is 0 Å². The number of aromatic nitrogens is 2. The van der Waals surface area contributed by atoms with Gasteiger partial charge in [0.05, 0.1) is 0 Å². The minimum atomic E-state index is -0.0444. The Balaban J connectivity index is 2.67. The van der Waals surface area contributed by atoms with Crippen molar-refractivity contribution in [3.63, 3.8) is 0 Å². The van der Waals surface area contributed by atoms with Crippen LogP contribution in [0.5, 0.6) is 0 Å². The lowest BCUT2D eigenvalue weighted by Gasteiger charge is -2.10. The van der Waals surface area contributed by atoms with Gasteiger partial charge in [0.15, 0.2) is 5.16 Å². The van der Waals surface area contributed by atoms with Crippen molar-refractivity contribution in [3.05, 3.63) is 11.8 Å². The lowest BCUT2D eigenvalue weighted by atomic mass is 10.2. The number of amides is 1. The average molecular weight is 254 g/mol. The van der Waals surface area contributed by atoms with Crippen LogP contribution in [0.1, 0.15) is 19.0 Å². The third-order valence-electron chi connectivity index (χ3n) is 2.27. The topological polar surface area (TPSA) is 66.9 Å². The number of thioether (sulfide) groups is 1. The van der Waals surface area contributed by atoms with Crippen molar-refractivity contribution in [1.29, 1.82) is 0 Å². The van der Waals surface area contributed by atoms with Crippen LogP contribution in [-0.2, 0) is 4.79 Å². The van der Waals surface area contributed by atoms with Crippen LogP contribution in [0, 0.1) is 6.92 Å². The second-order valence-corrected chi connectivity index (χ2v) is 4.60. The number of rotatable bonds is 5. The Kier molecular flexibility index (Phi) is 5.37. The van der Waals surface area contributed by atoms with Crippen LogP contribution >= 0.6 is 11.8 Å². The zero-order chi connectivity index (χ0) is 12.8. The summed E-state index contributed by atoms with van der Waals surface area (Å²) in [7, 11) is 1.83. The first-order valence-corrected chi connectivity index (χ1v) is 6.64. The lowest BCUT2D eigenvalue weighted by Crippen LogP contribution is -2.27. The van der Waals surface area contributed by atoms with Crippen molar-refractivity contribution in [1.82, 2.24) is 15.3 Å². The average Bonchev–Trinajstić information content (AvgIpc) is 2.27. The summed E-state index contributed by atoms with van der Waals surface area (Å²) in [5.41, 5.74) is 0.848. The van der Waals surface area contributed by atoms with Gasteiger partial charge in [-0.2, -0.15) is 0 Å². The molecule has 5 nitrogen and oxygen atoms in total. The maximum absolute atomic E-state index is 11.7. The smallest absolute Gasteiger partial charge is 0.227 e. The number of nitrogens with zero attached hydrogens (tertiary/aromatic N) is 2. The van der Waals surface area contributed by atoms with Crippen molar-refractivity contribution in [2.24, 2.45) is 0 Å². The molecule has 0 radical (unpaired) electrons. The number of carbonyl (C=O) groups is 1. The molecule has 0 aliphatic heterocycles.